The van der Waals surface area contributed by atoms with Crippen LogP contribution in [0.15, 0.2) is 18.2 Å². The van der Waals surface area contributed by atoms with E-state index in [1.807, 2.05) is 0 Å². The maximum atomic E-state index is 13.3. The smallest absolute Gasteiger partial charge is 0.408 e. The van der Waals surface area contributed by atoms with E-state index >= 15 is 0 Å². The Balaban J connectivity index is 2.26. The lowest BCUT2D eigenvalue weighted by Gasteiger charge is -2.30. The van der Waals surface area contributed by atoms with E-state index in [4.69, 9.17) is 11.2 Å². The van der Waals surface area contributed by atoms with Gasteiger partial charge in [0.25, 0.3) is 5.91 Å². The Morgan fingerprint density at radius 2 is 1.91 bits per heavy atom. The number of carbonyl (C=O) groups excluding carboxylic acids is 3. The largest absolute Gasteiger partial charge is 0.507 e. The third-order valence-corrected chi connectivity index (χ3v) is 5.21. The highest BCUT2D eigenvalue weighted by molar-refractivity contribution is 5.92. The lowest BCUT2D eigenvalue weighted by atomic mass is 9.94. The summed E-state index contributed by atoms with van der Waals surface area (Å²) in [6.07, 6.45) is 9.71. The molecule has 3 amide bonds. The van der Waals surface area contributed by atoms with Gasteiger partial charge < -0.3 is 20.5 Å². The van der Waals surface area contributed by atoms with Crippen LogP contribution in [0.5, 0.6) is 5.75 Å². The molecule has 1 unspecified atom stereocenters. The van der Waals surface area contributed by atoms with Crippen LogP contribution >= 0.6 is 0 Å². The minimum absolute atomic E-state index is 0.0136. The van der Waals surface area contributed by atoms with E-state index in [9.17, 15) is 19.5 Å². The second kappa shape index (κ2) is 10.9. The molecular formula is C24H33N3O5. The molecule has 1 aromatic rings. The highest BCUT2D eigenvalue weighted by Gasteiger charge is 2.34. The summed E-state index contributed by atoms with van der Waals surface area (Å²) in [5.41, 5.74) is 0.0467. The summed E-state index contributed by atoms with van der Waals surface area (Å²) >= 11 is 0. The molecule has 3 N–H and O–H groups in total. The molecule has 0 heterocycles. The van der Waals surface area contributed by atoms with Crippen LogP contribution in [0.1, 0.15) is 70.0 Å². The fourth-order valence-electron chi connectivity index (χ4n) is 3.66. The molecule has 0 aromatic heterocycles. The van der Waals surface area contributed by atoms with Gasteiger partial charge in [-0.25, -0.2) is 4.79 Å². The van der Waals surface area contributed by atoms with Crippen molar-refractivity contribution in [3.05, 3.63) is 29.3 Å². The third kappa shape index (κ3) is 6.91. The number of phenols is 1. The predicted molar refractivity (Wildman–Crippen MR) is 121 cm³/mol. The zero-order chi connectivity index (χ0) is 23.9. The van der Waals surface area contributed by atoms with Crippen LogP contribution in [-0.2, 0) is 14.3 Å². The number of nitrogens with zero attached hydrogens (tertiary/aromatic N) is 1. The number of para-hydroxylation sites is 1. The normalized spacial score (nSPS) is 15.2. The predicted octanol–water partition coefficient (Wildman–Crippen LogP) is 3.13. The molecule has 32 heavy (non-hydrogen) atoms. The molecule has 8 nitrogen and oxygen atoms in total. The summed E-state index contributed by atoms with van der Waals surface area (Å²) in [6, 6.07) is 5.94. The highest BCUT2D eigenvalue weighted by Crippen LogP contribution is 2.32. The van der Waals surface area contributed by atoms with Gasteiger partial charge in [-0.3, -0.25) is 14.5 Å². The Labute approximate surface area is 189 Å². The third-order valence-electron chi connectivity index (χ3n) is 5.21. The van der Waals surface area contributed by atoms with Gasteiger partial charge in [-0.15, -0.1) is 0 Å². The van der Waals surface area contributed by atoms with Crippen LogP contribution in [0, 0.1) is 19.4 Å². The summed E-state index contributed by atoms with van der Waals surface area (Å²) in [5.74, 6) is -1.26. The average molecular weight is 444 g/mol. The SMILES string of the molecule is C#CN(C(=O)CNC(=O)OC(C)(C)C)C(C(=O)NC1CCCCC1)c1cccc(C)c1O. The summed E-state index contributed by atoms with van der Waals surface area (Å²) in [4.78, 5) is 39.0. The molecule has 1 aliphatic carbocycles. The molecule has 1 atom stereocenters. The van der Waals surface area contributed by atoms with Crippen LogP contribution in [-0.4, -0.2) is 46.1 Å². The van der Waals surface area contributed by atoms with Crippen LogP contribution in [0.2, 0.25) is 0 Å². The van der Waals surface area contributed by atoms with E-state index < -0.39 is 36.1 Å². The quantitative estimate of drug-likeness (QED) is 0.462. The summed E-state index contributed by atoms with van der Waals surface area (Å²) in [5, 5.41) is 16.0. The van der Waals surface area contributed by atoms with Gasteiger partial charge in [0.2, 0.25) is 5.91 Å². The number of amides is 3. The van der Waals surface area contributed by atoms with Crippen molar-refractivity contribution in [2.45, 2.75) is 77.5 Å². The second-order valence-corrected chi connectivity index (χ2v) is 9.01. The highest BCUT2D eigenvalue weighted by atomic mass is 16.6. The monoisotopic (exact) mass is 443 g/mol. The van der Waals surface area contributed by atoms with Gasteiger partial charge >= 0.3 is 6.09 Å². The molecule has 0 bridgehead atoms. The van der Waals surface area contributed by atoms with Gasteiger partial charge in [0.05, 0.1) is 0 Å². The Kier molecular flexibility index (Phi) is 8.53. The minimum Gasteiger partial charge on any atom is -0.507 e. The van der Waals surface area contributed by atoms with Gasteiger partial charge in [0.1, 0.15) is 17.9 Å². The zero-order valence-corrected chi connectivity index (χ0v) is 19.2. The first kappa shape index (κ1) is 25.1. The number of ether oxygens (including phenoxy) is 1. The van der Waals surface area contributed by atoms with Crippen LogP contribution < -0.4 is 10.6 Å². The zero-order valence-electron chi connectivity index (χ0n) is 19.2. The Morgan fingerprint density at radius 3 is 2.50 bits per heavy atom. The first-order valence-electron chi connectivity index (χ1n) is 10.9. The van der Waals surface area contributed by atoms with Gasteiger partial charge in [-0.1, -0.05) is 43.9 Å². The molecule has 0 saturated heterocycles. The summed E-state index contributed by atoms with van der Waals surface area (Å²) < 4.78 is 5.14. The lowest BCUT2D eigenvalue weighted by molar-refractivity contribution is -0.137. The number of nitrogens with one attached hydrogen (secondary N) is 2. The van der Waals surface area contributed by atoms with Gasteiger partial charge in [0, 0.05) is 17.6 Å². The Hall–Kier alpha value is -3.21. The maximum absolute atomic E-state index is 13.3. The standard InChI is InChI=1S/C24H33N3O5/c1-6-27(19(28)15-25-23(31)32-24(3,4)5)20(18-14-10-11-16(2)21(18)29)22(30)26-17-12-8-7-9-13-17/h1,10-11,14,17,20,29H,7-9,12-13,15H2,2-5H3,(H,25,31)(H,26,30). The van der Waals surface area contributed by atoms with Gasteiger partial charge in [-0.2, -0.15) is 0 Å². The molecule has 174 valence electrons. The fraction of sp³-hybridized carbons (Fsp3) is 0.542. The summed E-state index contributed by atoms with van der Waals surface area (Å²) in [6.45, 7) is 6.34. The molecule has 8 heteroatoms. The maximum Gasteiger partial charge on any atom is 0.408 e. The number of hydrogen-bond donors (Lipinski definition) is 3. The summed E-state index contributed by atoms with van der Waals surface area (Å²) in [7, 11) is 0. The number of phenolic OH excluding ortho intramolecular Hbond substituents is 1. The Morgan fingerprint density at radius 1 is 1.25 bits per heavy atom. The molecule has 0 radical (unpaired) electrons. The van der Waals surface area contributed by atoms with Gasteiger partial charge in [0.15, 0.2) is 6.04 Å². The number of hydrogen-bond acceptors (Lipinski definition) is 5. The van der Waals surface area contributed by atoms with Crippen molar-refractivity contribution in [1.82, 2.24) is 15.5 Å². The van der Waals surface area contributed by atoms with Crippen LogP contribution in [0.25, 0.3) is 0 Å². The number of aryl methyl sites for hydroxylation is 1. The first-order chi connectivity index (χ1) is 15.0. The van der Waals surface area contributed by atoms with E-state index in [2.05, 4.69) is 16.7 Å². The van der Waals surface area contributed by atoms with Crippen molar-refractivity contribution in [3.8, 4) is 18.2 Å². The average Bonchev–Trinajstić information content (AvgIpc) is 2.72. The number of terminal acetylenes is 1. The van der Waals surface area contributed by atoms with Crippen LogP contribution in [0.4, 0.5) is 4.79 Å². The fourth-order valence-corrected chi connectivity index (χ4v) is 3.66. The second-order valence-electron chi connectivity index (χ2n) is 9.01. The molecule has 1 fully saturated rings. The van der Waals surface area contributed by atoms with Crippen molar-refractivity contribution in [3.63, 3.8) is 0 Å². The van der Waals surface area contributed by atoms with E-state index in [1.54, 1.807) is 45.9 Å². The van der Waals surface area contributed by atoms with Crippen molar-refractivity contribution in [2.75, 3.05) is 6.54 Å². The van der Waals surface area contributed by atoms with E-state index in [0.29, 0.717) is 5.56 Å². The Bertz CT molecular complexity index is 879. The van der Waals surface area contributed by atoms with Crippen molar-refractivity contribution < 1.29 is 24.2 Å². The molecule has 1 saturated carbocycles. The van der Waals surface area contributed by atoms with Crippen molar-refractivity contribution in [2.24, 2.45) is 0 Å². The number of benzene rings is 1. The van der Waals surface area contributed by atoms with Crippen molar-refractivity contribution >= 4 is 17.9 Å². The number of aromatic hydroxyl groups is 1. The lowest BCUT2D eigenvalue weighted by Crippen LogP contribution is -2.48. The molecule has 0 spiro atoms. The number of rotatable bonds is 6. The van der Waals surface area contributed by atoms with Crippen LogP contribution in [0.3, 0.4) is 0 Å². The van der Waals surface area contributed by atoms with E-state index in [1.165, 1.54) is 0 Å². The van der Waals surface area contributed by atoms with E-state index in [-0.39, 0.29) is 17.4 Å². The van der Waals surface area contributed by atoms with Gasteiger partial charge in [-0.05, 0) is 46.1 Å². The number of alkyl carbamates (subject to hydrolysis) is 1. The minimum atomic E-state index is -1.24. The molecule has 0 aliphatic heterocycles. The van der Waals surface area contributed by atoms with E-state index in [0.717, 1.165) is 37.0 Å². The molecular weight excluding hydrogens is 410 g/mol. The number of carbonyl (C=O) groups is 3. The van der Waals surface area contributed by atoms with Crippen molar-refractivity contribution in [1.29, 1.82) is 0 Å². The first-order valence-corrected chi connectivity index (χ1v) is 10.9. The topological polar surface area (TPSA) is 108 Å². The molecule has 1 aliphatic rings. The molecule has 1 aromatic carbocycles. The molecule has 2 rings (SSSR count).